The lowest BCUT2D eigenvalue weighted by atomic mass is 10.3. The van der Waals surface area contributed by atoms with E-state index in [1.165, 1.54) is 17.6 Å². The molecule has 0 fully saturated rings. The highest BCUT2D eigenvalue weighted by atomic mass is 16.6. The predicted octanol–water partition coefficient (Wildman–Crippen LogP) is 0.693. The number of carbonyl (C=O) groups is 1. The molecular formula is C13H14N2O4. The molecule has 2 rings (SSSR count). The summed E-state index contributed by atoms with van der Waals surface area (Å²) in [5.74, 6) is -0.492. The van der Waals surface area contributed by atoms with Crippen LogP contribution in [0.4, 0.5) is 0 Å². The summed E-state index contributed by atoms with van der Waals surface area (Å²) in [6.07, 6.45) is 0. The number of aryl methyl sites for hydroxylation is 1. The van der Waals surface area contributed by atoms with Crippen LogP contribution >= 0.6 is 0 Å². The van der Waals surface area contributed by atoms with Crippen molar-refractivity contribution < 1.29 is 14.3 Å². The van der Waals surface area contributed by atoms with Crippen LogP contribution in [-0.2, 0) is 20.9 Å². The Hall–Kier alpha value is -2.21. The highest BCUT2D eigenvalue weighted by molar-refractivity contribution is 5.70. The number of fused-ring (bicyclic) bond motifs is 1. The van der Waals surface area contributed by atoms with Crippen molar-refractivity contribution in [2.75, 3.05) is 13.7 Å². The third-order valence-corrected chi connectivity index (χ3v) is 2.58. The summed E-state index contributed by atoms with van der Waals surface area (Å²) in [5.41, 5.74) is 1.56. The first kappa shape index (κ1) is 13.2. The molecule has 100 valence electrons. The van der Waals surface area contributed by atoms with E-state index in [9.17, 15) is 9.59 Å². The molecule has 0 aliphatic carbocycles. The van der Waals surface area contributed by atoms with E-state index in [-0.39, 0.29) is 18.8 Å². The molecule has 0 aliphatic rings. The van der Waals surface area contributed by atoms with E-state index in [4.69, 9.17) is 4.74 Å². The Labute approximate surface area is 109 Å². The van der Waals surface area contributed by atoms with Gasteiger partial charge in [-0.25, -0.2) is 9.78 Å². The quantitative estimate of drug-likeness (QED) is 0.758. The monoisotopic (exact) mass is 262 g/mol. The molecule has 0 aliphatic heterocycles. The van der Waals surface area contributed by atoms with Gasteiger partial charge in [0.15, 0.2) is 0 Å². The molecule has 0 spiro atoms. The summed E-state index contributed by atoms with van der Waals surface area (Å²) in [7, 11) is 1.41. The first-order valence-corrected chi connectivity index (χ1v) is 5.74. The predicted molar refractivity (Wildman–Crippen MR) is 67.9 cm³/mol. The van der Waals surface area contributed by atoms with Crippen LogP contribution in [0, 0.1) is 6.92 Å². The molecule has 0 bridgehead atoms. The molecule has 6 nitrogen and oxygen atoms in total. The van der Waals surface area contributed by atoms with Gasteiger partial charge in [-0.05, 0) is 19.1 Å². The largest absolute Gasteiger partial charge is 0.457 e. The van der Waals surface area contributed by atoms with Gasteiger partial charge in [-0.3, -0.25) is 9.20 Å². The van der Waals surface area contributed by atoms with Crippen LogP contribution in [0.3, 0.4) is 0 Å². The highest BCUT2D eigenvalue weighted by Crippen LogP contribution is 2.04. The van der Waals surface area contributed by atoms with Crippen LogP contribution in [-0.4, -0.2) is 29.1 Å². The molecule has 0 saturated heterocycles. The SMILES string of the molecule is COCC(=O)OCc1cc(=O)n2c(C)cccc2n1. The van der Waals surface area contributed by atoms with Crippen LogP contribution in [0.1, 0.15) is 11.4 Å². The minimum atomic E-state index is -0.492. The second kappa shape index (κ2) is 5.62. The van der Waals surface area contributed by atoms with Gasteiger partial charge >= 0.3 is 5.97 Å². The number of ether oxygens (including phenoxy) is 2. The zero-order valence-electron chi connectivity index (χ0n) is 10.8. The van der Waals surface area contributed by atoms with Gasteiger partial charge in [-0.2, -0.15) is 0 Å². The van der Waals surface area contributed by atoms with Gasteiger partial charge in [0.2, 0.25) is 0 Å². The Kier molecular flexibility index (Phi) is 3.91. The molecule has 2 heterocycles. The van der Waals surface area contributed by atoms with Gasteiger partial charge in [0.1, 0.15) is 18.9 Å². The summed E-state index contributed by atoms with van der Waals surface area (Å²) >= 11 is 0. The standard InChI is InChI=1S/C13H14N2O4/c1-9-4-3-5-11-14-10(6-12(16)15(9)11)7-19-13(17)8-18-2/h3-6H,7-8H2,1-2H3. The number of aromatic nitrogens is 2. The average molecular weight is 262 g/mol. The zero-order chi connectivity index (χ0) is 13.8. The molecule has 0 N–H and O–H groups in total. The number of hydrogen-bond donors (Lipinski definition) is 0. The molecule has 0 aromatic carbocycles. The van der Waals surface area contributed by atoms with Gasteiger partial charge in [-0.1, -0.05) is 6.07 Å². The van der Waals surface area contributed by atoms with E-state index in [1.54, 1.807) is 6.07 Å². The van der Waals surface area contributed by atoms with E-state index >= 15 is 0 Å². The van der Waals surface area contributed by atoms with Gasteiger partial charge in [0.25, 0.3) is 5.56 Å². The van der Waals surface area contributed by atoms with Gasteiger partial charge in [-0.15, -0.1) is 0 Å². The van der Waals surface area contributed by atoms with Crippen molar-refractivity contribution in [1.29, 1.82) is 0 Å². The smallest absolute Gasteiger partial charge is 0.332 e. The van der Waals surface area contributed by atoms with Crippen LogP contribution in [0.2, 0.25) is 0 Å². The first-order valence-electron chi connectivity index (χ1n) is 5.74. The maximum absolute atomic E-state index is 11.9. The topological polar surface area (TPSA) is 69.9 Å². The average Bonchev–Trinajstić information content (AvgIpc) is 2.36. The molecule has 0 saturated carbocycles. The molecule has 0 unspecified atom stereocenters. The molecule has 19 heavy (non-hydrogen) atoms. The Morgan fingerprint density at radius 2 is 2.21 bits per heavy atom. The van der Waals surface area contributed by atoms with E-state index in [1.807, 2.05) is 19.1 Å². The van der Waals surface area contributed by atoms with Crippen molar-refractivity contribution in [2.45, 2.75) is 13.5 Å². The van der Waals surface area contributed by atoms with Gasteiger partial charge < -0.3 is 9.47 Å². The second-order valence-corrected chi connectivity index (χ2v) is 4.04. The van der Waals surface area contributed by atoms with Crippen molar-refractivity contribution in [3.63, 3.8) is 0 Å². The Morgan fingerprint density at radius 1 is 1.42 bits per heavy atom. The summed E-state index contributed by atoms with van der Waals surface area (Å²) in [5, 5.41) is 0. The third kappa shape index (κ3) is 2.97. The summed E-state index contributed by atoms with van der Waals surface area (Å²) in [4.78, 5) is 27.4. The van der Waals surface area contributed by atoms with Crippen molar-refractivity contribution in [2.24, 2.45) is 0 Å². The van der Waals surface area contributed by atoms with E-state index in [0.29, 0.717) is 11.3 Å². The lowest BCUT2D eigenvalue weighted by Crippen LogP contribution is -2.19. The number of carbonyl (C=O) groups excluding carboxylic acids is 1. The summed E-state index contributed by atoms with van der Waals surface area (Å²) in [6.45, 7) is 1.67. The molecule has 6 heteroatoms. The fourth-order valence-electron chi connectivity index (χ4n) is 1.75. The Morgan fingerprint density at radius 3 is 2.95 bits per heavy atom. The second-order valence-electron chi connectivity index (χ2n) is 4.04. The molecule has 0 amide bonds. The number of hydrogen-bond acceptors (Lipinski definition) is 5. The number of nitrogens with zero attached hydrogens (tertiary/aromatic N) is 2. The molecule has 0 radical (unpaired) electrons. The van der Waals surface area contributed by atoms with Crippen molar-refractivity contribution >= 4 is 11.6 Å². The first-order chi connectivity index (χ1) is 9.11. The normalized spacial score (nSPS) is 10.6. The summed E-state index contributed by atoms with van der Waals surface area (Å²) < 4.78 is 11.1. The minimum absolute atomic E-state index is 0.0398. The maximum atomic E-state index is 11.9. The highest BCUT2D eigenvalue weighted by Gasteiger charge is 2.07. The Bertz CT molecular complexity index is 663. The number of rotatable bonds is 4. The molecule has 2 aromatic rings. The van der Waals surface area contributed by atoms with Crippen LogP contribution < -0.4 is 5.56 Å². The number of methoxy groups -OCH3 is 1. The maximum Gasteiger partial charge on any atom is 0.332 e. The minimum Gasteiger partial charge on any atom is -0.457 e. The molecular weight excluding hydrogens is 248 g/mol. The van der Waals surface area contributed by atoms with Gasteiger partial charge in [0, 0.05) is 18.9 Å². The van der Waals surface area contributed by atoms with Crippen molar-refractivity contribution in [3.8, 4) is 0 Å². The van der Waals surface area contributed by atoms with E-state index < -0.39 is 5.97 Å². The third-order valence-electron chi connectivity index (χ3n) is 2.58. The molecule has 2 aromatic heterocycles. The van der Waals surface area contributed by atoms with E-state index in [0.717, 1.165) is 5.69 Å². The van der Waals surface area contributed by atoms with E-state index in [2.05, 4.69) is 9.72 Å². The van der Waals surface area contributed by atoms with Crippen molar-refractivity contribution in [3.05, 3.63) is 46.0 Å². The van der Waals surface area contributed by atoms with Crippen LogP contribution in [0.15, 0.2) is 29.1 Å². The summed E-state index contributed by atoms with van der Waals surface area (Å²) in [6, 6.07) is 6.74. The lowest BCUT2D eigenvalue weighted by molar-refractivity contribution is -0.149. The van der Waals surface area contributed by atoms with Gasteiger partial charge in [0.05, 0.1) is 5.69 Å². The van der Waals surface area contributed by atoms with Crippen LogP contribution in [0.25, 0.3) is 5.65 Å². The van der Waals surface area contributed by atoms with Crippen molar-refractivity contribution in [1.82, 2.24) is 9.38 Å². The number of pyridine rings is 1. The number of esters is 1. The fraction of sp³-hybridized carbons (Fsp3) is 0.308. The Balaban J connectivity index is 2.27. The zero-order valence-corrected chi connectivity index (χ0v) is 10.8. The lowest BCUT2D eigenvalue weighted by Gasteiger charge is -2.07. The van der Waals surface area contributed by atoms with Crippen LogP contribution in [0.5, 0.6) is 0 Å². The fourth-order valence-corrected chi connectivity index (χ4v) is 1.75. The molecule has 0 atom stereocenters.